The van der Waals surface area contributed by atoms with Crippen molar-refractivity contribution >= 4 is 49.1 Å². The zero-order valence-electron chi connectivity index (χ0n) is 25.9. The van der Waals surface area contributed by atoms with Crippen LogP contribution in [-0.4, -0.2) is 91.3 Å². The number of ether oxygens (including phenoxy) is 2. The van der Waals surface area contributed by atoms with Gasteiger partial charge in [-0.05, 0) is 62.7 Å². The van der Waals surface area contributed by atoms with Crippen LogP contribution < -0.4 is 15.4 Å². The normalized spacial score (nSPS) is 20.0. The molecule has 0 aliphatic carbocycles. The SMILES string of the molecule is C=CC(=O)N1CCC(N(C)c2nc(OCC3CCCN3C)nc3cc(-c4ccc(F)c5sc(N)c(C#N)c45)c(F)cc23)C1COC. The van der Waals surface area contributed by atoms with E-state index >= 15 is 4.39 Å². The average Bonchev–Trinajstić information content (AvgIpc) is 3.75. The van der Waals surface area contributed by atoms with Gasteiger partial charge in [-0.15, -0.1) is 11.3 Å². The average molecular weight is 648 g/mol. The summed E-state index contributed by atoms with van der Waals surface area (Å²) in [5, 5.41) is 10.7. The molecule has 4 heterocycles. The fourth-order valence-corrected chi connectivity index (χ4v) is 7.70. The Balaban J connectivity index is 1.49. The first-order chi connectivity index (χ1) is 22.2. The topological polar surface area (TPSA) is 121 Å². The second kappa shape index (κ2) is 12.8. The summed E-state index contributed by atoms with van der Waals surface area (Å²) in [6, 6.07) is 7.53. The van der Waals surface area contributed by atoms with E-state index in [-0.39, 0.29) is 56.3 Å². The fraction of sp³-hybridized carbons (Fsp3) is 0.394. The molecule has 0 bridgehead atoms. The molecule has 2 saturated heterocycles. The van der Waals surface area contributed by atoms with Crippen molar-refractivity contribution in [1.82, 2.24) is 19.8 Å². The summed E-state index contributed by atoms with van der Waals surface area (Å²) in [6.07, 6.45) is 3.99. The maximum atomic E-state index is 16.2. The molecule has 2 aliphatic rings. The van der Waals surface area contributed by atoms with Crippen molar-refractivity contribution in [1.29, 1.82) is 5.26 Å². The molecule has 2 fully saturated rings. The summed E-state index contributed by atoms with van der Waals surface area (Å²) >= 11 is 0.955. The molecule has 46 heavy (non-hydrogen) atoms. The Morgan fingerprint density at radius 3 is 2.72 bits per heavy atom. The lowest BCUT2D eigenvalue weighted by atomic mass is 9.97. The molecule has 13 heteroatoms. The molecule has 240 valence electrons. The number of rotatable bonds is 9. The molecule has 2 aromatic carbocycles. The largest absolute Gasteiger partial charge is 0.462 e. The van der Waals surface area contributed by atoms with Crippen LogP contribution in [0.1, 0.15) is 24.8 Å². The molecule has 10 nitrogen and oxygen atoms in total. The van der Waals surface area contributed by atoms with Crippen LogP contribution in [0.2, 0.25) is 0 Å². The Morgan fingerprint density at radius 2 is 2.02 bits per heavy atom. The van der Waals surface area contributed by atoms with E-state index in [1.807, 2.05) is 18.0 Å². The molecule has 6 rings (SSSR count). The Morgan fingerprint density at radius 1 is 1.22 bits per heavy atom. The molecule has 0 radical (unpaired) electrons. The van der Waals surface area contributed by atoms with Gasteiger partial charge in [-0.2, -0.15) is 15.2 Å². The molecular formula is C33H35F2N7O3S. The number of aromatic nitrogens is 2. The van der Waals surface area contributed by atoms with Gasteiger partial charge in [-0.1, -0.05) is 12.6 Å². The summed E-state index contributed by atoms with van der Waals surface area (Å²) < 4.78 is 42.9. The lowest BCUT2D eigenvalue weighted by Crippen LogP contribution is -2.48. The number of likely N-dealkylation sites (tertiary alicyclic amines) is 2. The predicted molar refractivity (Wildman–Crippen MR) is 175 cm³/mol. The van der Waals surface area contributed by atoms with Crippen LogP contribution in [0.3, 0.4) is 0 Å². The second-order valence-electron chi connectivity index (χ2n) is 11.7. The third kappa shape index (κ3) is 5.50. The smallest absolute Gasteiger partial charge is 0.319 e. The van der Waals surface area contributed by atoms with Gasteiger partial charge in [0.1, 0.15) is 35.1 Å². The van der Waals surface area contributed by atoms with Crippen molar-refractivity contribution in [3.8, 4) is 23.2 Å². The maximum Gasteiger partial charge on any atom is 0.319 e. The number of amides is 1. The highest BCUT2D eigenvalue weighted by atomic mass is 32.1. The number of likely N-dealkylation sites (N-methyl/N-ethyl adjacent to an activating group) is 2. The van der Waals surface area contributed by atoms with E-state index in [0.29, 0.717) is 48.5 Å². The van der Waals surface area contributed by atoms with Gasteiger partial charge < -0.3 is 29.9 Å². The number of nitrogens with two attached hydrogens (primary N) is 1. The van der Waals surface area contributed by atoms with Crippen molar-refractivity contribution in [2.24, 2.45) is 0 Å². The van der Waals surface area contributed by atoms with Gasteiger partial charge in [0.15, 0.2) is 0 Å². The van der Waals surface area contributed by atoms with Crippen LogP contribution >= 0.6 is 11.3 Å². The molecule has 3 atom stereocenters. The van der Waals surface area contributed by atoms with E-state index in [1.165, 1.54) is 24.3 Å². The van der Waals surface area contributed by atoms with Crippen LogP contribution in [0.4, 0.5) is 19.6 Å². The molecule has 1 amide bonds. The lowest BCUT2D eigenvalue weighted by Gasteiger charge is -2.33. The van der Waals surface area contributed by atoms with Crippen LogP contribution in [0.25, 0.3) is 32.1 Å². The number of thiophene rings is 1. The minimum absolute atomic E-state index is 0.103. The number of nitrogen functional groups attached to an aromatic ring is 1. The van der Waals surface area contributed by atoms with Gasteiger partial charge in [0, 0.05) is 43.1 Å². The quantitative estimate of drug-likeness (QED) is 0.252. The van der Waals surface area contributed by atoms with Crippen molar-refractivity contribution < 1.29 is 23.0 Å². The predicted octanol–water partition coefficient (Wildman–Crippen LogP) is 4.95. The summed E-state index contributed by atoms with van der Waals surface area (Å²) in [5.41, 5.74) is 7.04. The Hall–Kier alpha value is -4.38. The van der Waals surface area contributed by atoms with E-state index in [2.05, 4.69) is 18.5 Å². The second-order valence-corrected chi connectivity index (χ2v) is 12.8. The summed E-state index contributed by atoms with van der Waals surface area (Å²) in [6.45, 7) is 5.80. The van der Waals surface area contributed by atoms with Gasteiger partial charge in [0.05, 0.1) is 34.5 Å². The number of nitriles is 1. The highest BCUT2D eigenvalue weighted by Gasteiger charge is 2.39. The number of halogens is 2. The molecule has 3 unspecified atom stereocenters. The first-order valence-electron chi connectivity index (χ1n) is 15.1. The number of hydrogen-bond donors (Lipinski definition) is 1. The summed E-state index contributed by atoms with van der Waals surface area (Å²) in [4.78, 5) is 28.1. The van der Waals surface area contributed by atoms with Crippen LogP contribution in [0.5, 0.6) is 6.01 Å². The molecule has 2 N–H and O–H groups in total. The lowest BCUT2D eigenvalue weighted by molar-refractivity contribution is -0.127. The first-order valence-corrected chi connectivity index (χ1v) is 15.9. The first kappa shape index (κ1) is 31.6. The van der Waals surface area contributed by atoms with Gasteiger partial charge in [-0.3, -0.25) is 4.79 Å². The minimum Gasteiger partial charge on any atom is -0.462 e. The van der Waals surface area contributed by atoms with Gasteiger partial charge in [0.25, 0.3) is 0 Å². The van der Waals surface area contributed by atoms with E-state index in [9.17, 15) is 14.4 Å². The van der Waals surface area contributed by atoms with Crippen LogP contribution in [0, 0.1) is 23.0 Å². The van der Waals surface area contributed by atoms with Crippen molar-refractivity contribution in [2.45, 2.75) is 37.4 Å². The van der Waals surface area contributed by atoms with Crippen molar-refractivity contribution in [3.63, 3.8) is 0 Å². The van der Waals surface area contributed by atoms with Crippen LogP contribution in [-0.2, 0) is 9.53 Å². The van der Waals surface area contributed by atoms with Gasteiger partial charge in [-0.25, -0.2) is 8.78 Å². The molecule has 0 spiro atoms. The third-order valence-electron chi connectivity index (χ3n) is 9.18. The summed E-state index contributed by atoms with van der Waals surface area (Å²) in [5.74, 6) is -0.895. The number of carbonyl (C=O) groups is 1. The van der Waals surface area contributed by atoms with Crippen molar-refractivity contribution in [3.05, 3.63) is 54.1 Å². The Labute approximate surface area is 269 Å². The van der Waals surface area contributed by atoms with E-state index in [4.69, 9.17) is 25.2 Å². The number of anilines is 2. The number of carbonyl (C=O) groups excluding carboxylic acids is 1. The third-order valence-corrected chi connectivity index (χ3v) is 10.2. The fourth-order valence-electron chi connectivity index (χ4n) is 6.75. The standard InChI is InChI=1S/C33H35F2N7O3S/c1-5-28(43)42-12-10-26(27(42)17-44-4)41(3)32-21-13-24(35)20(19-8-9-23(34)30-29(19)22(15-36)31(37)46-30)14-25(21)38-33(39-32)45-16-18-7-6-11-40(18)2/h5,8-9,13-14,18,26-27H,1,6-7,10-12,16-17,37H2,2-4H3. The number of hydrogen-bond acceptors (Lipinski definition) is 10. The Bertz CT molecular complexity index is 1880. The number of nitrogens with zero attached hydrogens (tertiary/aromatic N) is 6. The van der Waals surface area contributed by atoms with Crippen molar-refractivity contribution in [2.75, 3.05) is 58.1 Å². The zero-order chi connectivity index (χ0) is 32.7. The van der Waals surface area contributed by atoms with Crippen LogP contribution in [0.15, 0.2) is 36.9 Å². The molecule has 2 aliphatic heterocycles. The molecule has 4 aromatic rings. The number of fused-ring (bicyclic) bond motifs is 2. The van der Waals surface area contributed by atoms with E-state index in [0.717, 1.165) is 30.7 Å². The highest BCUT2D eigenvalue weighted by molar-refractivity contribution is 7.23. The van der Waals surface area contributed by atoms with E-state index in [1.54, 1.807) is 18.1 Å². The van der Waals surface area contributed by atoms with Gasteiger partial charge in [0.2, 0.25) is 5.91 Å². The van der Waals surface area contributed by atoms with E-state index < -0.39 is 11.6 Å². The van der Waals surface area contributed by atoms with Gasteiger partial charge >= 0.3 is 6.01 Å². The number of methoxy groups -OCH3 is 1. The number of benzene rings is 2. The monoisotopic (exact) mass is 647 g/mol. The molecule has 2 aromatic heterocycles. The maximum absolute atomic E-state index is 16.2. The highest BCUT2D eigenvalue weighted by Crippen LogP contribution is 2.43. The zero-order valence-corrected chi connectivity index (χ0v) is 26.7. The Kier molecular flexibility index (Phi) is 8.78. The summed E-state index contributed by atoms with van der Waals surface area (Å²) in [7, 11) is 5.49. The molecular weight excluding hydrogens is 612 g/mol. The molecule has 0 saturated carbocycles. The minimum atomic E-state index is -0.600.